The lowest BCUT2D eigenvalue weighted by molar-refractivity contribution is -0.122. The smallest absolute Gasteiger partial charge is 0.343 e. The van der Waals surface area contributed by atoms with E-state index in [1.54, 1.807) is 48.5 Å². The number of esters is 1. The number of ether oxygens (including phenoxy) is 1. The van der Waals surface area contributed by atoms with Gasteiger partial charge in [0.25, 0.3) is 0 Å². The van der Waals surface area contributed by atoms with E-state index in [1.165, 1.54) is 4.90 Å². The van der Waals surface area contributed by atoms with E-state index in [4.69, 9.17) is 4.74 Å². The minimum absolute atomic E-state index is 0.107. The van der Waals surface area contributed by atoms with Crippen molar-refractivity contribution in [2.75, 3.05) is 4.90 Å². The molecule has 0 bridgehead atoms. The minimum Gasteiger partial charge on any atom is -0.423 e. The molecule has 0 aromatic heterocycles. The molecule has 2 aromatic rings. The van der Waals surface area contributed by atoms with Crippen molar-refractivity contribution in [2.24, 2.45) is 11.8 Å². The molecule has 1 heterocycles. The number of carbonyl (C=O) groups is 3. The second-order valence-electron chi connectivity index (χ2n) is 6.90. The number of imide groups is 1. The Kier molecular flexibility index (Phi) is 4.83. The highest BCUT2D eigenvalue weighted by molar-refractivity contribution is 9.10. The van der Waals surface area contributed by atoms with Gasteiger partial charge in [0.1, 0.15) is 5.75 Å². The van der Waals surface area contributed by atoms with Crippen LogP contribution in [0.2, 0.25) is 0 Å². The van der Waals surface area contributed by atoms with Crippen LogP contribution in [0.3, 0.4) is 0 Å². The standard InChI is InChI=1S/C21H18BrNO4/c22-14-7-5-13(6-8-14)21(26)27-16-11-9-15(10-12-16)23-19(24)17-3-1-2-4-18(17)20(23)25/h5-12,17-18H,1-4H2/t17-,18+. The summed E-state index contributed by atoms with van der Waals surface area (Å²) in [4.78, 5) is 38.8. The topological polar surface area (TPSA) is 63.7 Å². The van der Waals surface area contributed by atoms with Crippen molar-refractivity contribution in [1.29, 1.82) is 0 Å². The lowest BCUT2D eigenvalue weighted by Crippen LogP contribution is -2.30. The van der Waals surface area contributed by atoms with Crippen molar-refractivity contribution in [2.45, 2.75) is 25.7 Å². The second kappa shape index (κ2) is 7.27. The molecular weight excluding hydrogens is 410 g/mol. The molecule has 1 aliphatic heterocycles. The first kappa shape index (κ1) is 17.9. The first-order chi connectivity index (χ1) is 13.0. The number of rotatable bonds is 3. The molecule has 2 fully saturated rings. The lowest BCUT2D eigenvalue weighted by atomic mass is 9.81. The maximum Gasteiger partial charge on any atom is 0.343 e. The SMILES string of the molecule is O=C(Oc1ccc(N2C(=O)[C@H]3CCCC[C@H]3C2=O)cc1)c1ccc(Br)cc1. The summed E-state index contributed by atoms with van der Waals surface area (Å²) in [5.41, 5.74) is 0.971. The van der Waals surface area contributed by atoms with E-state index < -0.39 is 5.97 Å². The third-order valence-corrected chi connectivity index (χ3v) is 5.76. The van der Waals surface area contributed by atoms with E-state index in [2.05, 4.69) is 15.9 Å². The number of halogens is 1. The van der Waals surface area contributed by atoms with Crippen LogP contribution in [0.15, 0.2) is 53.0 Å². The number of benzene rings is 2. The Morgan fingerprint density at radius 3 is 2.00 bits per heavy atom. The molecule has 1 aliphatic carbocycles. The molecule has 2 aromatic carbocycles. The number of hydrogen-bond donors (Lipinski definition) is 0. The van der Waals surface area contributed by atoms with Crippen LogP contribution in [0.5, 0.6) is 5.75 Å². The molecule has 27 heavy (non-hydrogen) atoms. The average molecular weight is 428 g/mol. The predicted molar refractivity (Wildman–Crippen MR) is 103 cm³/mol. The number of fused-ring (bicyclic) bond motifs is 1. The van der Waals surface area contributed by atoms with Crippen molar-refractivity contribution in [3.05, 3.63) is 58.6 Å². The van der Waals surface area contributed by atoms with Gasteiger partial charge in [-0.15, -0.1) is 0 Å². The average Bonchev–Trinajstić information content (AvgIpc) is 2.94. The van der Waals surface area contributed by atoms with Crippen LogP contribution in [0.4, 0.5) is 5.69 Å². The van der Waals surface area contributed by atoms with Crippen molar-refractivity contribution in [1.82, 2.24) is 0 Å². The molecule has 2 atom stereocenters. The fourth-order valence-corrected chi connectivity index (χ4v) is 4.10. The van der Waals surface area contributed by atoms with E-state index >= 15 is 0 Å². The Labute approximate surface area is 165 Å². The van der Waals surface area contributed by atoms with Crippen molar-refractivity contribution in [3.8, 4) is 5.75 Å². The molecule has 1 saturated heterocycles. The summed E-state index contributed by atoms with van der Waals surface area (Å²) in [6, 6.07) is 13.4. The largest absolute Gasteiger partial charge is 0.423 e. The highest BCUT2D eigenvalue weighted by atomic mass is 79.9. The fraction of sp³-hybridized carbons (Fsp3) is 0.286. The summed E-state index contributed by atoms with van der Waals surface area (Å²) in [6.07, 6.45) is 3.57. The lowest BCUT2D eigenvalue weighted by Gasteiger charge is -2.19. The summed E-state index contributed by atoms with van der Waals surface area (Å²) in [5, 5.41) is 0. The zero-order valence-electron chi connectivity index (χ0n) is 14.6. The third kappa shape index (κ3) is 3.41. The van der Waals surface area contributed by atoms with E-state index in [1.807, 2.05) is 0 Å². The van der Waals surface area contributed by atoms with Gasteiger partial charge in [0.05, 0.1) is 23.1 Å². The van der Waals surface area contributed by atoms with Gasteiger partial charge in [0.2, 0.25) is 11.8 Å². The van der Waals surface area contributed by atoms with E-state index in [-0.39, 0.29) is 23.7 Å². The van der Waals surface area contributed by atoms with Crippen LogP contribution >= 0.6 is 15.9 Å². The fourth-order valence-electron chi connectivity index (χ4n) is 3.83. The van der Waals surface area contributed by atoms with Gasteiger partial charge in [-0.1, -0.05) is 28.8 Å². The predicted octanol–water partition coefficient (Wildman–Crippen LogP) is 4.35. The molecule has 138 valence electrons. The zero-order chi connectivity index (χ0) is 19.0. The first-order valence-electron chi connectivity index (χ1n) is 9.00. The van der Waals surface area contributed by atoms with E-state index in [9.17, 15) is 14.4 Å². The maximum atomic E-state index is 12.6. The summed E-state index contributed by atoms with van der Waals surface area (Å²) in [7, 11) is 0. The quantitative estimate of drug-likeness (QED) is 0.414. The second-order valence-corrected chi connectivity index (χ2v) is 7.82. The normalized spacial score (nSPS) is 21.9. The Balaban J connectivity index is 1.49. The molecule has 2 amide bonds. The van der Waals surface area contributed by atoms with E-state index in [0.29, 0.717) is 17.0 Å². The number of anilines is 1. The van der Waals surface area contributed by atoms with Crippen LogP contribution in [0.25, 0.3) is 0 Å². The molecule has 0 radical (unpaired) electrons. The van der Waals surface area contributed by atoms with Gasteiger partial charge in [-0.05, 0) is 61.4 Å². The van der Waals surface area contributed by atoms with Gasteiger partial charge in [-0.3, -0.25) is 14.5 Å². The van der Waals surface area contributed by atoms with E-state index in [0.717, 1.165) is 30.2 Å². The van der Waals surface area contributed by atoms with Crippen molar-refractivity contribution < 1.29 is 19.1 Å². The number of amides is 2. The van der Waals surface area contributed by atoms with Crippen molar-refractivity contribution in [3.63, 3.8) is 0 Å². The molecule has 0 spiro atoms. The van der Waals surface area contributed by atoms with Gasteiger partial charge in [-0.25, -0.2) is 4.79 Å². The van der Waals surface area contributed by atoms with Crippen LogP contribution < -0.4 is 9.64 Å². The molecular formula is C21H18BrNO4. The van der Waals surface area contributed by atoms with Crippen LogP contribution in [-0.2, 0) is 9.59 Å². The van der Waals surface area contributed by atoms with Gasteiger partial charge < -0.3 is 4.74 Å². The highest BCUT2D eigenvalue weighted by Gasteiger charge is 2.48. The molecule has 5 nitrogen and oxygen atoms in total. The molecule has 2 aliphatic rings. The molecule has 0 N–H and O–H groups in total. The summed E-state index contributed by atoms with van der Waals surface area (Å²) < 4.78 is 6.24. The minimum atomic E-state index is -0.463. The summed E-state index contributed by atoms with van der Waals surface area (Å²) in [6.45, 7) is 0. The van der Waals surface area contributed by atoms with Gasteiger partial charge >= 0.3 is 5.97 Å². The van der Waals surface area contributed by atoms with Crippen LogP contribution in [0.1, 0.15) is 36.0 Å². The maximum absolute atomic E-state index is 12.6. The Morgan fingerprint density at radius 2 is 1.44 bits per heavy atom. The number of nitrogens with zero attached hydrogens (tertiary/aromatic N) is 1. The molecule has 4 rings (SSSR count). The van der Waals surface area contributed by atoms with Crippen molar-refractivity contribution >= 4 is 39.4 Å². The molecule has 1 saturated carbocycles. The Bertz CT molecular complexity index is 867. The Hall–Kier alpha value is -2.47. The first-order valence-corrected chi connectivity index (χ1v) is 9.79. The zero-order valence-corrected chi connectivity index (χ0v) is 16.1. The van der Waals surface area contributed by atoms with Crippen LogP contribution in [-0.4, -0.2) is 17.8 Å². The monoisotopic (exact) mass is 427 g/mol. The molecule has 0 unspecified atom stereocenters. The summed E-state index contributed by atoms with van der Waals surface area (Å²) >= 11 is 3.32. The Morgan fingerprint density at radius 1 is 0.889 bits per heavy atom. The van der Waals surface area contributed by atoms with Crippen LogP contribution in [0, 0.1) is 11.8 Å². The van der Waals surface area contributed by atoms with Gasteiger partial charge in [0.15, 0.2) is 0 Å². The van der Waals surface area contributed by atoms with Gasteiger partial charge in [0, 0.05) is 4.47 Å². The molecule has 6 heteroatoms. The highest BCUT2D eigenvalue weighted by Crippen LogP contribution is 2.40. The summed E-state index contributed by atoms with van der Waals surface area (Å²) in [5.74, 6) is -0.672. The van der Waals surface area contributed by atoms with Gasteiger partial charge in [-0.2, -0.15) is 0 Å². The number of hydrogen-bond acceptors (Lipinski definition) is 4. The number of carbonyl (C=O) groups excluding carboxylic acids is 3. The third-order valence-electron chi connectivity index (χ3n) is 5.23.